The van der Waals surface area contributed by atoms with Gasteiger partial charge in [0.1, 0.15) is 11.7 Å². The molecule has 1 fully saturated rings. The second-order valence-electron chi connectivity index (χ2n) is 10.5. The number of nitrogens with zero attached hydrogens (tertiary/aromatic N) is 1. The number of hydrogen-bond acceptors (Lipinski definition) is 3. The number of aliphatic imine (C=N–C) groups is 1. The van der Waals surface area contributed by atoms with Crippen LogP contribution in [0.25, 0.3) is 0 Å². The minimum atomic E-state index is -0.709. The fourth-order valence-corrected chi connectivity index (χ4v) is 6.26. The minimum absolute atomic E-state index is 0.193. The Bertz CT molecular complexity index is 1210. The summed E-state index contributed by atoms with van der Waals surface area (Å²) in [6, 6.07) is 15.0. The van der Waals surface area contributed by atoms with Crippen molar-refractivity contribution in [3.8, 4) is 0 Å². The molecule has 1 saturated heterocycles. The van der Waals surface area contributed by atoms with E-state index in [4.69, 9.17) is 21.1 Å². The van der Waals surface area contributed by atoms with Crippen LogP contribution in [0.2, 0.25) is 5.02 Å². The lowest BCUT2D eigenvalue weighted by Gasteiger charge is -2.52. The molecule has 0 saturated carbocycles. The molecule has 2 amide bonds. The predicted molar refractivity (Wildman–Crippen MR) is 135 cm³/mol. The highest BCUT2D eigenvalue weighted by atomic mass is 35.5. The molecule has 1 heterocycles. The molecule has 2 bridgehead atoms. The standard InChI is InChI=1S/C28H31ClN2O3/c1-17-14-15-28-24(33-27(4,5)34-28)21-9-7-6-8-18(21)16-22(23(17)26(28,2)3)31-25(32)30-20-12-10-19(29)11-13-20/h6-13,24H,14-16H2,1-5H3,(H,30,32)/b31-22-/t24-,28-/m0/s1. The van der Waals surface area contributed by atoms with Crippen LogP contribution in [0.3, 0.4) is 0 Å². The first-order valence-corrected chi connectivity index (χ1v) is 12.2. The van der Waals surface area contributed by atoms with Crippen molar-refractivity contribution in [3.05, 3.63) is 75.8 Å². The van der Waals surface area contributed by atoms with Crippen LogP contribution < -0.4 is 5.32 Å². The number of carbonyl (C=O) groups excluding carboxylic acids is 1. The molecule has 1 spiro atoms. The first-order valence-electron chi connectivity index (χ1n) is 11.8. The number of ether oxygens (including phenoxy) is 2. The van der Waals surface area contributed by atoms with Gasteiger partial charge < -0.3 is 14.8 Å². The van der Waals surface area contributed by atoms with Gasteiger partial charge in [-0.25, -0.2) is 4.79 Å². The number of hydrogen-bond donors (Lipinski definition) is 1. The summed E-state index contributed by atoms with van der Waals surface area (Å²) in [7, 11) is 0. The summed E-state index contributed by atoms with van der Waals surface area (Å²) in [4.78, 5) is 17.7. The molecule has 0 unspecified atom stereocenters. The Kier molecular flexibility index (Phi) is 5.51. The summed E-state index contributed by atoms with van der Waals surface area (Å²) in [5, 5.41) is 3.50. The van der Waals surface area contributed by atoms with Gasteiger partial charge >= 0.3 is 6.03 Å². The zero-order valence-corrected chi connectivity index (χ0v) is 21.1. The second-order valence-corrected chi connectivity index (χ2v) is 11.0. The lowest BCUT2D eigenvalue weighted by molar-refractivity contribution is -0.184. The zero-order chi connectivity index (χ0) is 24.3. The van der Waals surface area contributed by atoms with Crippen LogP contribution in [-0.2, 0) is 15.9 Å². The lowest BCUT2D eigenvalue weighted by Crippen LogP contribution is -2.55. The van der Waals surface area contributed by atoms with Crippen LogP contribution in [0.15, 0.2) is 64.7 Å². The van der Waals surface area contributed by atoms with Gasteiger partial charge in [-0.2, -0.15) is 4.99 Å². The van der Waals surface area contributed by atoms with E-state index in [0.29, 0.717) is 17.1 Å². The van der Waals surface area contributed by atoms with E-state index in [2.05, 4.69) is 43.2 Å². The summed E-state index contributed by atoms with van der Waals surface area (Å²) in [5.41, 5.74) is 5.04. The molecule has 5 nitrogen and oxygen atoms in total. The molecule has 178 valence electrons. The molecule has 6 heteroatoms. The third-order valence-electron chi connectivity index (χ3n) is 7.55. The minimum Gasteiger partial charge on any atom is -0.340 e. The normalized spacial score (nSPS) is 28.1. The van der Waals surface area contributed by atoms with Crippen molar-refractivity contribution >= 4 is 29.0 Å². The number of amides is 2. The molecular weight excluding hydrogens is 448 g/mol. The number of anilines is 1. The van der Waals surface area contributed by atoms with Crippen LogP contribution in [0.5, 0.6) is 0 Å². The number of rotatable bonds is 1. The molecule has 5 rings (SSSR count). The van der Waals surface area contributed by atoms with E-state index in [1.54, 1.807) is 24.3 Å². The number of nitrogens with one attached hydrogen (secondary N) is 1. The maximum atomic E-state index is 13.1. The molecule has 2 aliphatic carbocycles. The fraction of sp³-hybridized carbons (Fsp3) is 0.429. The van der Waals surface area contributed by atoms with E-state index < -0.39 is 22.8 Å². The maximum Gasteiger partial charge on any atom is 0.345 e. The van der Waals surface area contributed by atoms with Crippen molar-refractivity contribution in [3.63, 3.8) is 0 Å². The molecule has 1 N–H and O–H groups in total. The second kappa shape index (κ2) is 8.04. The summed E-state index contributed by atoms with van der Waals surface area (Å²) >= 11 is 5.99. The van der Waals surface area contributed by atoms with Gasteiger partial charge in [0.2, 0.25) is 0 Å². The topological polar surface area (TPSA) is 59.9 Å². The van der Waals surface area contributed by atoms with Gasteiger partial charge in [-0.1, -0.05) is 55.3 Å². The van der Waals surface area contributed by atoms with Crippen molar-refractivity contribution in [2.24, 2.45) is 10.4 Å². The van der Waals surface area contributed by atoms with Gasteiger partial charge in [0, 0.05) is 22.5 Å². The number of fused-ring (bicyclic) bond motifs is 3. The average molecular weight is 479 g/mol. The van der Waals surface area contributed by atoms with Crippen molar-refractivity contribution in [2.45, 2.75) is 71.4 Å². The molecular formula is C28H31ClN2O3. The van der Waals surface area contributed by atoms with E-state index in [-0.39, 0.29) is 6.10 Å². The van der Waals surface area contributed by atoms with Crippen molar-refractivity contribution in [1.29, 1.82) is 0 Å². The fourth-order valence-electron chi connectivity index (χ4n) is 6.13. The van der Waals surface area contributed by atoms with Gasteiger partial charge in [0.15, 0.2) is 5.79 Å². The molecule has 2 aromatic rings. The number of urea groups is 1. The van der Waals surface area contributed by atoms with Gasteiger partial charge in [-0.05, 0) is 74.6 Å². The summed E-state index contributed by atoms with van der Waals surface area (Å²) in [6.45, 7) is 10.6. The zero-order valence-electron chi connectivity index (χ0n) is 20.4. The van der Waals surface area contributed by atoms with Gasteiger partial charge in [-0.3, -0.25) is 0 Å². The summed E-state index contributed by atoms with van der Waals surface area (Å²) in [5.74, 6) is -0.709. The predicted octanol–water partition coefficient (Wildman–Crippen LogP) is 7.27. The smallest absolute Gasteiger partial charge is 0.340 e. The summed E-state index contributed by atoms with van der Waals surface area (Å²) in [6.07, 6.45) is 2.08. The molecule has 2 aromatic carbocycles. The van der Waals surface area contributed by atoms with Crippen LogP contribution in [0.1, 0.15) is 64.7 Å². The van der Waals surface area contributed by atoms with Gasteiger partial charge in [0.05, 0.1) is 5.71 Å². The number of halogens is 1. The number of carbonyl (C=O) groups is 1. The Hall–Kier alpha value is -2.47. The molecule has 34 heavy (non-hydrogen) atoms. The SMILES string of the molecule is CC1=C2/C(=N\C(=O)Nc3ccc(Cl)cc3)Cc3ccccc3[C@@H]3OC(C)(C)O[C@]3(CC1)C2(C)C. The van der Waals surface area contributed by atoms with Crippen LogP contribution >= 0.6 is 11.6 Å². The van der Waals surface area contributed by atoms with Gasteiger partial charge in [-0.15, -0.1) is 0 Å². The molecule has 0 radical (unpaired) electrons. The van der Waals surface area contributed by atoms with Crippen molar-refractivity contribution < 1.29 is 14.3 Å². The number of allylic oxidation sites excluding steroid dienone is 1. The highest BCUT2D eigenvalue weighted by molar-refractivity contribution is 6.30. The third-order valence-corrected chi connectivity index (χ3v) is 7.80. The average Bonchev–Trinajstić information content (AvgIpc) is 3.04. The monoisotopic (exact) mass is 478 g/mol. The molecule has 3 aliphatic rings. The maximum absolute atomic E-state index is 13.1. The Morgan fingerprint density at radius 3 is 2.53 bits per heavy atom. The van der Waals surface area contributed by atoms with E-state index >= 15 is 0 Å². The van der Waals surface area contributed by atoms with Crippen LogP contribution in [0.4, 0.5) is 10.5 Å². The highest BCUT2D eigenvalue weighted by Crippen LogP contribution is 2.63. The van der Waals surface area contributed by atoms with E-state index in [9.17, 15) is 4.79 Å². The lowest BCUT2D eigenvalue weighted by atomic mass is 9.56. The third kappa shape index (κ3) is 3.71. The first kappa shape index (κ1) is 23.3. The van der Waals surface area contributed by atoms with Crippen molar-refractivity contribution in [1.82, 2.24) is 0 Å². The van der Waals surface area contributed by atoms with Gasteiger partial charge in [0.25, 0.3) is 0 Å². The van der Waals surface area contributed by atoms with Crippen molar-refractivity contribution in [2.75, 3.05) is 5.32 Å². The van der Waals surface area contributed by atoms with E-state index in [1.165, 1.54) is 5.57 Å². The van der Waals surface area contributed by atoms with Crippen LogP contribution in [0, 0.1) is 5.41 Å². The number of benzene rings is 2. The van der Waals surface area contributed by atoms with E-state index in [1.807, 2.05) is 26.0 Å². The first-order chi connectivity index (χ1) is 16.0. The van der Waals surface area contributed by atoms with E-state index in [0.717, 1.165) is 35.3 Å². The summed E-state index contributed by atoms with van der Waals surface area (Å²) < 4.78 is 13.4. The van der Waals surface area contributed by atoms with Crippen LogP contribution in [-0.4, -0.2) is 23.1 Å². The largest absolute Gasteiger partial charge is 0.345 e. The Balaban J connectivity index is 1.65. The Morgan fingerprint density at radius 2 is 1.79 bits per heavy atom. The quantitative estimate of drug-likeness (QED) is 0.468. The molecule has 0 aromatic heterocycles. The molecule has 1 aliphatic heterocycles. The Labute approximate surface area is 206 Å². The molecule has 2 atom stereocenters. The Morgan fingerprint density at radius 1 is 1.09 bits per heavy atom. The highest BCUT2D eigenvalue weighted by Gasteiger charge is 2.64.